The van der Waals surface area contributed by atoms with Gasteiger partial charge in [0.1, 0.15) is 12.0 Å². The maximum absolute atomic E-state index is 12.2. The number of rotatable bonds is 4. The molecule has 0 aliphatic carbocycles. The molecule has 0 aromatic heterocycles. The molecule has 1 aliphatic heterocycles. The molecule has 0 radical (unpaired) electrons. The number of carbonyl (C=O) groups excluding carboxylic acids is 1. The molecule has 0 fully saturated rings. The summed E-state index contributed by atoms with van der Waals surface area (Å²) in [6, 6.07) is 11.3. The van der Waals surface area contributed by atoms with E-state index in [0.29, 0.717) is 13.0 Å². The quantitative estimate of drug-likeness (QED) is 0.876. The van der Waals surface area contributed by atoms with Gasteiger partial charge in [0.25, 0.3) is 0 Å². The third-order valence-corrected chi connectivity index (χ3v) is 3.80. The molecule has 3 nitrogen and oxygen atoms in total. The van der Waals surface area contributed by atoms with Crippen LogP contribution in [0.4, 0.5) is 13.2 Å². The van der Waals surface area contributed by atoms with E-state index in [2.05, 4.69) is 10.1 Å². The summed E-state index contributed by atoms with van der Waals surface area (Å²) in [4.78, 5) is 11.2. The van der Waals surface area contributed by atoms with Crippen molar-refractivity contribution in [2.75, 3.05) is 0 Å². The Morgan fingerprint density at radius 3 is 2.57 bits per heavy atom. The number of benzene rings is 2. The lowest BCUT2D eigenvalue weighted by atomic mass is 9.94. The van der Waals surface area contributed by atoms with Crippen LogP contribution in [0.15, 0.2) is 42.5 Å². The SMILES string of the molecule is O=CC1NCc2cccc(Cc3ccc(OC(F)(F)F)cc3)c21. The van der Waals surface area contributed by atoms with Gasteiger partial charge in [-0.25, -0.2) is 0 Å². The van der Waals surface area contributed by atoms with Crippen LogP contribution in [0.5, 0.6) is 5.75 Å². The Morgan fingerprint density at radius 1 is 1.17 bits per heavy atom. The Kier molecular flexibility index (Phi) is 4.09. The van der Waals surface area contributed by atoms with Gasteiger partial charge in [-0.05, 0) is 40.8 Å². The number of carbonyl (C=O) groups is 1. The summed E-state index contributed by atoms with van der Waals surface area (Å²) in [5, 5.41) is 3.12. The van der Waals surface area contributed by atoms with Crippen molar-refractivity contribution in [3.05, 3.63) is 64.7 Å². The molecular weight excluding hydrogens is 307 g/mol. The molecule has 1 unspecified atom stereocenters. The monoisotopic (exact) mass is 321 g/mol. The van der Waals surface area contributed by atoms with Gasteiger partial charge >= 0.3 is 6.36 Å². The molecule has 6 heteroatoms. The third kappa shape index (κ3) is 3.53. The lowest BCUT2D eigenvalue weighted by Gasteiger charge is -2.12. The summed E-state index contributed by atoms with van der Waals surface area (Å²) >= 11 is 0. The molecule has 1 heterocycles. The van der Waals surface area contributed by atoms with E-state index in [1.165, 1.54) is 12.1 Å². The first-order chi connectivity index (χ1) is 11.0. The number of fused-ring (bicyclic) bond motifs is 1. The first-order valence-electron chi connectivity index (χ1n) is 7.10. The molecule has 0 saturated heterocycles. The zero-order chi connectivity index (χ0) is 16.4. The predicted molar refractivity (Wildman–Crippen MR) is 78.0 cm³/mol. The molecular formula is C17H14F3NO2. The van der Waals surface area contributed by atoms with Crippen molar-refractivity contribution in [1.29, 1.82) is 0 Å². The van der Waals surface area contributed by atoms with Crippen LogP contribution in [-0.4, -0.2) is 12.6 Å². The number of halogens is 3. The second-order valence-electron chi connectivity index (χ2n) is 5.35. The van der Waals surface area contributed by atoms with Gasteiger partial charge in [0, 0.05) is 6.54 Å². The van der Waals surface area contributed by atoms with Gasteiger partial charge in [-0.15, -0.1) is 13.2 Å². The number of aldehydes is 1. The Bertz CT molecular complexity index is 711. The number of alkyl halides is 3. The second-order valence-corrected chi connectivity index (χ2v) is 5.35. The minimum Gasteiger partial charge on any atom is -0.406 e. The molecule has 0 bridgehead atoms. The highest BCUT2D eigenvalue weighted by atomic mass is 19.4. The summed E-state index contributed by atoms with van der Waals surface area (Å²) in [5.41, 5.74) is 3.90. The molecule has 1 atom stereocenters. The molecule has 0 saturated carbocycles. The average molecular weight is 321 g/mol. The van der Waals surface area contributed by atoms with Crippen LogP contribution >= 0.6 is 0 Å². The minimum atomic E-state index is -4.69. The number of nitrogens with one attached hydrogen (secondary N) is 1. The largest absolute Gasteiger partial charge is 0.573 e. The molecule has 120 valence electrons. The standard InChI is InChI=1S/C17H14F3NO2/c18-17(19,20)23-14-6-4-11(5-7-14)8-12-2-1-3-13-9-21-15(10-22)16(12)13/h1-7,10,15,21H,8-9H2. The fraction of sp³-hybridized carbons (Fsp3) is 0.235. The fourth-order valence-electron chi connectivity index (χ4n) is 2.84. The molecule has 1 N–H and O–H groups in total. The van der Waals surface area contributed by atoms with Gasteiger partial charge in [0.15, 0.2) is 0 Å². The smallest absolute Gasteiger partial charge is 0.406 e. The summed E-state index contributed by atoms with van der Waals surface area (Å²) in [6.45, 7) is 0.644. The fourth-order valence-corrected chi connectivity index (χ4v) is 2.84. The van der Waals surface area contributed by atoms with E-state index in [1.807, 2.05) is 18.2 Å². The third-order valence-electron chi connectivity index (χ3n) is 3.80. The van der Waals surface area contributed by atoms with E-state index < -0.39 is 6.36 Å². The molecule has 0 amide bonds. The predicted octanol–water partition coefficient (Wildman–Crippen LogP) is 3.52. The van der Waals surface area contributed by atoms with E-state index in [1.54, 1.807) is 12.1 Å². The first kappa shape index (κ1) is 15.6. The highest BCUT2D eigenvalue weighted by Gasteiger charge is 2.31. The summed E-state index contributed by atoms with van der Waals surface area (Å²) in [6.07, 6.45) is -3.28. The number of ether oxygens (including phenoxy) is 1. The van der Waals surface area contributed by atoms with Crippen LogP contribution in [0, 0.1) is 0 Å². The van der Waals surface area contributed by atoms with Crippen molar-refractivity contribution >= 4 is 6.29 Å². The molecule has 23 heavy (non-hydrogen) atoms. The van der Waals surface area contributed by atoms with Gasteiger partial charge in [-0.3, -0.25) is 5.32 Å². The van der Waals surface area contributed by atoms with E-state index in [9.17, 15) is 18.0 Å². The van der Waals surface area contributed by atoms with E-state index in [0.717, 1.165) is 28.5 Å². The Morgan fingerprint density at radius 2 is 1.91 bits per heavy atom. The maximum atomic E-state index is 12.2. The summed E-state index contributed by atoms with van der Waals surface area (Å²) in [5.74, 6) is -0.244. The highest BCUT2D eigenvalue weighted by molar-refractivity contribution is 5.66. The Hall–Kier alpha value is -2.34. The number of hydrogen-bond acceptors (Lipinski definition) is 3. The second kappa shape index (κ2) is 6.04. The zero-order valence-electron chi connectivity index (χ0n) is 12.1. The van der Waals surface area contributed by atoms with Crippen LogP contribution in [0.2, 0.25) is 0 Å². The van der Waals surface area contributed by atoms with E-state index in [-0.39, 0.29) is 11.8 Å². The van der Waals surface area contributed by atoms with Gasteiger partial charge in [0.05, 0.1) is 6.04 Å². The van der Waals surface area contributed by atoms with Crippen molar-refractivity contribution in [3.63, 3.8) is 0 Å². The van der Waals surface area contributed by atoms with Crippen molar-refractivity contribution in [3.8, 4) is 5.75 Å². The average Bonchev–Trinajstić information content (AvgIpc) is 2.92. The van der Waals surface area contributed by atoms with E-state index >= 15 is 0 Å². The highest BCUT2D eigenvalue weighted by Crippen LogP contribution is 2.29. The molecule has 1 aliphatic rings. The van der Waals surface area contributed by atoms with Crippen LogP contribution in [0.1, 0.15) is 28.3 Å². The van der Waals surface area contributed by atoms with Crippen molar-refractivity contribution in [2.24, 2.45) is 0 Å². The van der Waals surface area contributed by atoms with Crippen LogP contribution < -0.4 is 10.1 Å². The van der Waals surface area contributed by atoms with Crippen LogP contribution in [0.3, 0.4) is 0 Å². The summed E-state index contributed by atoms with van der Waals surface area (Å²) < 4.78 is 40.3. The maximum Gasteiger partial charge on any atom is 0.573 e. The topological polar surface area (TPSA) is 38.3 Å². The lowest BCUT2D eigenvalue weighted by Crippen LogP contribution is -2.17. The van der Waals surface area contributed by atoms with Gasteiger partial charge in [0.2, 0.25) is 0 Å². The zero-order valence-corrected chi connectivity index (χ0v) is 12.1. The molecule has 0 spiro atoms. The molecule has 3 rings (SSSR count). The van der Waals surface area contributed by atoms with Crippen molar-refractivity contribution in [1.82, 2.24) is 5.32 Å². The Balaban J connectivity index is 1.81. The van der Waals surface area contributed by atoms with Gasteiger partial charge < -0.3 is 9.53 Å². The van der Waals surface area contributed by atoms with E-state index in [4.69, 9.17) is 0 Å². The van der Waals surface area contributed by atoms with Crippen molar-refractivity contribution < 1.29 is 22.7 Å². The van der Waals surface area contributed by atoms with Gasteiger partial charge in [-0.1, -0.05) is 30.3 Å². The van der Waals surface area contributed by atoms with Crippen LogP contribution in [0.25, 0.3) is 0 Å². The molecule has 2 aromatic carbocycles. The normalized spacial score (nSPS) is 16.9. The summed E-state index contributed by atoms with van der Waals surface area (Å²) in [7, 11) is 0. The van der Waals surface area contributed by atoms with Crippen molar-refractivity contribution in [2.45, 2.75) is 25.4 Å². The molecule has 2 aromatic rings. The van der Waals surface area contributed by atoms with Gasteiger partial charge in [-0.2, -0.15) is 0 Å². The minimum absolute atomic E-state index is 0.244. The Labute approximate surface area is 131 Å². The first-order valence-corrected chi connectivity index (χ1v) is 7.10. The number of hydrogen-bond donors (Lipinski definition) is 1. The lowest BCUT2D eigenvalue weighted by molar-refractivity contribution is -0.274. The van der Waals surface area contributed by atoms with Crippen LogP contribution in [-0.2, 0) is 17.8 Å².